The Kier molecular flexibility index (Phi) is 22.1. The molecular formula is C69H88N2O14Si. The number of ether oxygens (including phenoxy) is 10. The number of anilines is 2. The minimum atomic E-state index is -2.94. The van der Waals surface area contributed by atoms with Crippen LogP contribution in [-0.4, -0.2) is 106 Å². The predicted octanol–water partition coefficient (Wildman–Crippen LogP) is 13.8. The van der Waals surface area contributed by atoms with Gasteiger partial charge in [-0.3, -0.25) is 10.6 Å². The quantitative estimate of drug-likeness (QED) is 0.0779. The Labute approximate surface area is 509 Å². The minimum Gasteiger partial charge on any atom is -0.495 e. The molecule has 6 aromatic rings. The smallest absolute Gasteiger partial charge is 0.412 e. The summed E-state index contributed by atoms with van der Waals surface area (Å²) >= 11 is 0. The van der Waals surface area contributed by atoms with Crippen LogP contribution in [0.3, 0.4) is 0 Å². The van der Waals surface area contributed by atoms with Crippen LogP contribution >= 0.6 is 0 Å². The van der Waals surface area contributed by atoms with Gasteiger partial charge in [-0.1, -0.05) is 101 Å². The fourth-order valence-corrected chi connectivity index (χ4v) is 15.7. The molecule has 8 rings (SSSR count). The van der Waals surface area contributed by atoms with E-state index in [0.29, 0.717) is 83.1 Å². The maximum absolute atomic E-state index is 13.0. The summed E-state index contributed by atoms with van der Waals surface area (Å²) in [5, 5.41) is 18.5. The number of fused-ring (bicyclic) bond motifs is 2. The topological polar surface area (TPSA) is 180 Å². The van der Waals surface area contributed by atoms with Gasteiger partial charge in [0, 0.05) is 11.1 Å². The third-order valence-electron chi connectivity index (χ3n) is 14.6. The van der Waals surface area contributed by atoms with Gasteiger partial charge in [-0.15, -0.1) is 0 Å². The number of rotatable bonds is 16. The average molecular weight is 1200 g/mol. The second-order valence-corrected chi connectivity index (χ2v) is 27.8. The van der Waals surface area contributed by atoms with E-state index in [1.54, 1.807) is 88.7 Å². The van der Waals surface area contributed by atoms with E-state index in [-0.39, 0.29) is 18.6 Å². The molecule has 462 valence electrons. The van der Waals surface area contributed by atoms with Crippen molar-refractivity contribution in [1.82, 2.24) is 0 Å². The monoisotopic (exact) mass is 1200 g/mol. The number of benzene rings is 6. The van der Waals surface area contributed by atoms with Crippen LogP contribution in [0.25, 0.3) is 11.1 Å². The van der Waals surface area contributed by atoms with Crippen molar-refractivity contribution in [2.24, 2.45) is 0 Å². The summed E-state index contributed by atoms with van der Waals surface area (Å²) in [6, 6.07) is 36.4. The molecule has 17 heteroatoms. The van der Waals surface area contributed by atoms with Crippen molar-refractivity contribution in [2.45, 2.75) is 124 Å². The standard InChI is InChI=1S/C42H51NO7Si.C26H33NO7.CH4/c1-41(2,3)49-40(44)43-35-25-28(21-24-36(35)45-7)33-26-29(22-23-32-34(33)27-37(46-8)39(48-10)38(32)47-9)50-51(42(4,5)6,30-17-13-11-14-18-30)31-19-15-12-16-20-31;1-26(2,3)34-25(29)27-20-12-15(8-11-21(20)30-4)18-13-16(28)9-10-17-19(18)14-22(31-5)24(33-7)23(17)32-6;/h11-21,24-27,29H,22-23H2,1-10H3,(H,43,44);8,11-14,16,28H,9-10H2,1-7H3,(H,27,29);1H4. The van der Waals surface area contributed by atoms with Gasteiger partial charge in [0.05, 0.1) is 80.5 Å². The summed E-state index contributed by atoms with van der Waals surface area (Å²) in [5.41, 5.74) is 6.55. The van der Waals surface area contributed by atoms with Crippen LogP contribution in [0.5, 0.6) is 46.0 Å². The van der Waals surface area contributed by atoms with Crippen molar-refractivity contribution in [1.29, 1.82) is 0 Å². The van der Waals surface area contributed by atoms with Crippen molar-refractivity contribution in [2.75, 3.05) is 67.5 Å². The van der Waals surface area contributed by atoms with E-state index < -0.39 is 37.8 Å². The zero-order valence-corrected chi connectivity index (χ0v) is 53.3. The molecule has 0 spiro atoms. The van der Waals surface area contributed by atoms with Gasteiger partial charge in [0.15, 0.2) is 23.0 Å². The largest absolute Gasteiger partial charge is 0.495 e. The molecule has 86 heavy (non-hydrogen) atoms. The van der Waals surface area contributed by atoms with E-state index in [9.17, 15) is 14.7 Å². The molecule has 3 N–H and O–H groups in total. The van der Waals surface area contributed by atoms with Crippen molar-refractivity contribution >= 4 is 53.4 Å². The minimum absolute atomic E-state index is 0. The van der Waals surface area contributed by atoms with E-state index in [4.69, 9.17) is 51.8 Å². The molecule has 2 unspecified atom stereocenters. The van der Waals surface area contributed by atoms with Gasteiger partial charge in [-0.25, -0.2) is 9.59 Å². The first kappa shape index (κ1) is 67.0. The van der Waals surface area contributed by atoms with Crippen LogP contribution in [0.15, 0.2) is 121 Å². The molecule has 2 amide bonds. The Hall–Kier alpha value is -8.12. The van der Waals surface area contributed by atoms with Crippen molar-refractivity contribution in [3.8, 4) is 46.0 Å². The van der Waals surface area contributed by atoms with Crippen LogP contribution in [0.2, 0.25) is 5.04 Å². The first-order chi connectivity index (χ1) is 40.4. The number of methoxy groups -OCH3 is 8. The first-order valence-electron chi connectivity index (χ1n) is 28.3. The zero-order valence-electron chi connectivity index (χ0n) is 52.3. The zero-order chi connectivity index (χ0) is 62.0. The fourth-order valence-electron chi connectivity index (χ4n) is 11.0. The average Bonchev–Trinajstić information content (AvgIpc) is 1.20. The van der Waals surface area contributed by atoms with Crippen molar-refractivity contribution < 1.29 is 66.5 Å². The molecule has 2 aliphatic carbocycles. The van der Waals surface area contributed by atoms with Gasteiger partial charge in [-0.2, -0.15) is 0 Å². The molecule has 0 aromatic heterocycles. The molecule has 6 aromatic carbocycles. The number of nitrogens with one attached hydrogen (secondary N) is 2. The highest BCUT2D eigenvalue weighted by Crippen LogP contribution is 2.50. The summed E-state index contributed by atoms with van der Waals surface area (Å²) in [6.45, 7) is 17.7. The number of amides is 2. The third kappa shape index (κ3) is 15.1. The Morgan fingerprint density at radius 1 is 0.477 bits per heavy atom. The molecule has 2 aliphatic rings. The Balaban J connectivity index is 0.000000294. The molecule has 2 atom stereocenters. The number of aliphatic hydroxyl groups is 1. The molecule has 0 radical (unpaired) electrons. The summed E-state index contributed by atoms with van der Waals surface area (Å²) < 4.78 is 64.4. The lowest BCUT2D eigenvalue weighted by Crippen LogP contribution is -2.67. The molecule has 16 nitrogen and oxygen atoms in total. The van der Waals surface area contributed by atoms with Crippen LogP contribution in [0, 0.1) is 0 Å². The van der Waals surface area contributed by atoms with E-state index in [0.717, 1.165) is 44.5 Å². The summed E-state index contributed by atoms with van der Waals surface area (Å²) in [6.07, 6.45) is 4.32. The molecule has 0 aliphatic heterocycles. The molecule has 0 fully saturated rings. The maximum Gasteiger partial charge on any atom is 0.412 e. The normalized spacial score (nSPS) is 14.9. The van der Waals surface area contributed by atoms with E-state index in [2.05, 4.69) is 98.1 Å². The second-order valence-electron chi connectivity index (χ2n) is 23.6. The Bertz CT molecular complexity index is 3340. The summed E-state index contributed by atoms with van der Waals surface area (Å²) in [4.78, 5) is 25.4. The Morgan fingerprint density at radius 3 is 1.22 bits per heavy atom. The van der Waals surface area contributed by atoms with Crippen LogP contribution in [0.1, 0.15) is 116 Å². The maximum atomic E-state index is 13.0. The fraction of sp³-hybridized carbons (Fsp3) is 0.391. The lowest BCUT2D eigenvalue weighted by molar-refractivity contribution is 0.0624. The number of carbonyl (C=O) groups excluding carboxylic acids is 2. The van der Waals surface area contributed by atoms with Gasteiger partial charge in [-0.05, 0) is 165 Å². The van der Waals surface area contributed by atoms with E-state index in [1.165, 1.54) is 17.5 Å². The second kappa shape index (κ2) is 28.4. The van der Waals surface area contributed by atoms with Gasteiger partial charge in [0.1, 0.15) is 22.7 Å². The highest BCUT2D eigenvalue weighted by Gasteiger charge is 2.51. The molecule has 0 saturated heterocycles. The third-order valence-corrected chi connectivity index (χ3v) is 19.6. The van der Waals surface area contributed by atoms with E-state index >= 15 is 0 Å². The molecule has 0 saturated carbocycles. The summed E-state index contributed by atoms with van der Waals surface area (Å²) in [5.74, 6) is 4.26. The lowest BCUT2D eigenvalue weighted by Gasteiger charge is -2.44. The van der Waals surface area contributed by atoms with Crippen LogP contribution < -0.4 is 58.9 Å². The molecule has 0 bridgehead atoms. The SMILES string of the molecule is C.COc1ccc(C2=CC(O)CCc3c2cc(OC)c(OC)c3OC)cc1NC(=O)OC(C)(C)C.COc1ccc(C2=CC(O[Si](c3ccccc3)(c3ccccc3)C(C)(C)C)CCc3c2cc(OC)c(OC)c3OC)cc1NC(=O)OC(C)(C)C. The lowest BCUT2D eigenvalue weighted by atomic mass is 9.92. The number of carbonyl (C=O) groups is 2. The number of hydrogen-bond donors (Lipinski definition) is 3. The molecule has 0 heterocycles. The van der Waals surface area contributed by atoms with Gasteiger partial charge in [0.25, 0.3) is 8.32 Å². The first-order valence-corrected chi connectivity index (χ1v) is 30.2. The Morgan fingerprint density at radius 2 is 0.860 bits per heavy atom. The highest BCUT2D eigenvalue weighted by molar-refractivity contribution is 6.99. The molecular weight excluding hydrogens is 1110 g/mol. The van der Waals surface area contributed by atoms with Gasteiger partial charge in [0.2, 0.25) is 11.5 Å². The van der Waals surface area contributed by atoms with Crippen LogP contribution in [-0.2, 0) is 26.7 Å². The van der Waals surface area contributed by atoms with E-state index in [1.807, 2.05) is 57.2 Å². The summed E-state index contributed by atoms with van der Waals surface area (Å²) in [7, 11) is 9.76. The van der Waals surface area contributed by atoms with Crippen molar-refractivity contribution in [3.05, 3.63) is 155 Å². The van der Waals surface area contributed by atoms with Gasteiger partial charge >= 0.3 is 12.2 Å². The number of aliphatic hydroxyl groups excluding tert-OH is 1. The van der Waals surface area contributed by atoms with Crippen molar-refractivity contribution in [3.63, 3.8) is 0 Å². The predicted molar refractivity (Wildman–Crippen MR) is 344 cm³/mol. The van der Waals surface area contributed by atoms with Gasteiger partial charge < -0.3 is 56.9 Å². The van der Waals surface area contributed by atoms with Crippen LogP contribution in [0.4, 0.5) is 21.0 Å². The number of hydrogen-bond acceptors (Lipinski definition) is 14. The highest BCUT2D eigenvalue weighted by atomic mass is 28.4.